The topological polar surface area (TPSA) is 41.6 Å². The van der Waals surface area contributed by atoms with Crippen molar-refractivity contribution in [2.45, 2.75) is 20.0 Å². The Morgan fingerprint density at radius 2 is 2.00 bits per heavy atom. The summed E-state index contributed by atoms with van der Waals surface area (Å²) in [5.41, 5.74) is 4.23. The van der Waals surface area contributed by atoms with E-state index in [-0.39, 0.29) is 12.0 Å². The van der Waals surface area contributed by atoms with Crippen LogP contribution in [0, 0.1) is 0 Å². The number of nitrogens with one attached hydrogen (secondary N) is 1. The van der Waals surface area contributed by atoms with Crippen molar-refractivity contribution < 1.29 is 9.53 Å². The third-order valence-corrected chi connectivity index (χ3v) is 2.43. The van der Waals surface area contributed by atoms with E-state index in [9.17, 15) is 4.79 Å². The fourth-order valence-corrected chi connectivity index (χ4v) is 1.64. The Bertz CT molecular complexity index is 421. The van der Waals surface area contributed by atoms with Crippen LogP contribution in [-0.4, -0.2) is 18.6 Å². The van der Waals surface area contributed by atoms with Gasteiger partial charge in [0, 0.05) is 5.57 Å². The number of nitrogens with zero attached hydrogens (tertiary/aromatic N) is 1. The number of anilines is 1. The van der Waals surface area contributed by atoms with E-state index < -0.39 is 0 Å². The van der Waals surface area contributed by atoms with Crippen molar-refractivity contribution in [3.63, 3.8) is 0 Å². The number of hydrogen-bond acceptors (Lipinski definition) is 3. The molecule has 1 aromatic rings. The van der Waals surface area contributed by atoms with Crippen molar-refractivity contribution in [3.05, 3.63) is 36.4 Å². The summed E-state index contributed by atoms with van der Waals surface area (Å²) in [4.78, 5) is 11.3. The molecule has 90 valence electrons. The summed E-state index contributed by atoms with van der Waals surface area (Å²) in [5.74, 6) is 0.709. The number of carbonyl (C=O) groups excluding carboxylic acids is 1. The Balaban J connectivity index is 2.08. The molecule has 2 rings (SSSR count). The second-order valence-corrected chi connectivity index (χ2v) is 4.29. The molecule has 4 nitrogen and oxygen atoms in total. The van der Waals surface area contributed by atoms with Crippen molar-refractivity contribution in [1.29, 1.82) is 0 Å². The van der Waals surface area contributed by atoms with Crippen molar-refractivity contribution in [1.82, 2.24) is 5.43 Å². The largest absolute Gasteiger partial charge is 0.491 e. The fourth-order valence-electron chi connectivity index (χ4n) is 1.64. The standard InChI is InChI=1S/C13H16N2O2/c1-9(2)17-12-6-4-11(5-7-12)15-8-10(3)13(16)14-15/h4-7,9H,3,8H2,1-2H3,(H,14,16). The van der Waals surface area contributed by atoms with Gasteiger partial charge in [-0.1, -0.05) is 6.58 Å². The minimum Gasteiger partial charge on any atom is -0.491 e. The fraction of sp³-hybridized carbons (Fsp3) is 0.308. The van der Waals surface area contributed by atoms with Crippen LogP contribution in [0.3, 0.4) is 0 Å². The molecule has 1 saturated heterocycles. The number of ether oxygens (including phenoxy) is 1. The molecule has 0 bridgehead atoms. The predicted molar refractivity (Wildman–Crippen MR) is 66.8 cm³/mol. The second-order valence-electron chi connectivity index (χ2n) is 4.29. The molecule has 17 heavy (non-hydrogen) atoms. The summed E-state index contributed by atoms with van der Waals surface area (Å²) in [6.07, 6.45) is 0.159. The van der Waals surface area contributed by atoms with Gasteiger partial charge < -0.3 is 4.74 Å². The highest BCUT2D eigenvalue weighted by Crippen LogP contribution is 2.21. The highest BCUT2D eigenvalue weighted by Gasteiger charge is 2.22. The van der Waals surface area contributed by atoms with Crippen molar-refractivity contribution in [2.75, 3.05) is 11.6 Å². The molecule has 1 N–H and O–H groups in total. The molecule has 1 heterocycles. The van der Waals surface area contributed by atoms with Crippen LogP contribution in [0.2, 0.25) is 0 Å². The summed E-state index contributed by atoms with van der Waals surface area (Å²) in [5, 5.41) is 1.77. The Morgan fingerprint density at radius 3 is 2.47 bits per heavy atom. The predicted octanol–water partition coefficient (Wildman–Crippen LogP) is 1.88. The van der Waals surface area contributed by atoms with Gasteiger partial charge in [0.05, 0.1) is 18.3 Å². The summed E-state index contributed by atoms with van der Waals surface area (Å²) in [6, 6.07) is 7.61. The minimum atomic E-state index is -0.118. The van der Waals surface area contributed by atoms with E-state index in [4.69, 9.17) is 4.74 Å². The third-order valence-electron chi connectivity index (χ3n) is 2.43. The lowest BCUT2D eigenvalue weighted by molar-refractivity contribution is -0.116. The SMILES string of the molecule is C=C1CN(c2ccc(OC(C)C)cc2)NC1=O. The van der Waals surface area contributed by atoms with Crippen LogP contribution in [0.1, 0.15) is 13.8 Å². The lowest BCUT2D eigenvalue weighted by Crippen LogP contribution is -2.32. The zero-order valence-electron chi connectivity index (χ0n) is 10.1. The minimum absolute atomic E-state index is 0.118. The zero-order chi connectivity index (χ0) is 12.4. The maximum atomic E-state index is 11.3. The molecule has 0 unspecified atom stereocenters. The summed E-state index contributed by atoms with van der Waals surface area (Å²) < 4.78 is 5.55. The maximum absolute atomic E-state index is 11.3. The van der Waals surface area contributed by atoms with Gasteiger partial charge in [-0.25, -0.2) is 0 Å². The van der Waals surface area contributed by atoms with E-state index in [0.29, 0.717) is 12.1 Å². The van der Waals surface area contributed by atoms with Crippen LogP contribution < -0.4 is 15.2 Å². The molecule has 0 saturated carbocycles. The molecule has 0 aromatic heterocycles. The molecule has 0 spiro atoms. The van der Waals surface area contributed by atoms with Crippen LogP contribution in [0.5, 0.6) is 5.75 Å². The molecule has 0 atom stereocenters. The van der Waals surface area contributed by atoms with E-state index in [1.807, 2.05) is 38.1 Å². The highest BCUT2D eigenvalue weighted by atomic mass is 16.5. The van der Waals surface area contributed by atoms with Gasteiger partial charge in [-0.15, -0.1) is 0 Å². The van der Waals surface area contributed by atoms with Gasteiger partial charge in [-0.05, 0) is 38.1 Å². The second kappa shape index (κ2) is 4.49. The molecular formula is C13H16N2O2. The van der Waals surface area contributed by atoms with Crippen LogP contribution in [0.15, 0.2) is 36.4 Å². The average Bonchev–Trinajstić information content (AvgIpc) is 2.59. The normalized spacial score (nSPS) is 15.4. The van der Waals surface area contributed by atoms with Gasteiger partial charge in [-0.2, -0.15) is 0 Å². The summed E-state index contributed by atoms with van der Waals surface area (Å²) in [6.45, 7) is 8.18. The van der Waals surface area contributed by atoms with E-state index >= 15 is 0 Å². The lowest BCUT2D eigenvalue weighted by atomic mass is 10.2. The number of hydrogen-bond donors (Lipinski definition) is 1. The molecule has 1 fully saturated rings. The Morgan fingerprint density at radius 1 is 1.35 bits per heavy atom. The molecule has 1 aliphatic rings. The quantitative estimate of drug-likeness (QED) is 0.809. The zero-order valence-corrected chi connectivity index (χ0v) is 10.1. The Kier molecular flexibility index (Phi) is 3.04. The van der Waals surface area contributed by atoms with Gasteiger partial charge in [-0.3, -0.25) is 15.2 Å². The molecule has 1 amide bonds. The monoisotopic (exact) mass is 232 g/mol. The van der Waals surface area contributed by atoms with Gasteiger partial charge in [0.15, 0.2) is 0 Å². The number of amides is 1. The molecule has 0 aliphatic carbocycles. The van der Waals surface area contributed by atoms with Gasteiger partial charge in [0.25, 0.3) is 5.91 Å². The Labute approximate surface area is 101 Å². The van der Waals surface area contributed by atoms with Crippen molar-refractivity contribution >= 4 is 11.6 Å². The lowest BCUT2D eigenvalue weighted by Gasteiger charge is -2.17. The molecule has 1 aromatic carbocycles. The Hall–Kier alpha value is -1.97. The van der Waals surface area contributed by atoms with Gasteiger partial charge in [0.1, 0.15) is 5.75 Å². The van der Waals surface area contributed by atoms with Crippen molar-refractivity contribution in [3.8, 4) is 5.75 Å². The van der Waals surface area contributed by atoms with Crippen molar-refractivity contribution in [2.24, 2.45) is 0 Å². The first-order valence-electron chi connectivity index (χ1n) is 5.59. The van der Waals surface area contributed by atoms with E-state index in [1.54, 1.807) is 5.01 Å². The first-order chi connectivity index (χ1) is 8.06. The maximum Gasteiger partial charge on any atom is 0.267 e. The van der Waals surface area contributed by atoms with E-state index in [0.717, 1.165) is 11.4 Å². The first kappa shape index (κ1) is 11.5. The average molecular weight is 232 g/mol. The molecule has 4 heteroatoms. The number of benzene rings is 1. The van der Waals surface area contributed by atoms with Gasteiger partial charge >= 0.3 is 0 Å². The third kappa shape index (κ3) is 2.58. The van der Waals surface area contributed by atoms with Crippen LogP contribution in [-0.2, 0) is 4.79 Å². The van der Waals surface area contributed by atoms with E-state index in [1.165, 1.54) is 0 Å². The van der Waals surface area contributed by atoms with Crippen LogP contribution in [0.4, 0.5) is 5.69 Å². The van der Waals surface area contributed by atoms with Gasteiger partial charge in [0.2, 0.25) is 0 Å². The van der Waals surface area contributed by atoms with Crippen LogP contribution >= 0.6 is 0 Å². The molecule has 1 aliphatic heterocycles. The van der Waals surface area contributed by atoms with E-state index in [2.05, 4.69) is 12.0 Å². The number of hydrazine groups is 1. The number of carbonyl (C=O) groups is 1. The van der Waals surface area contributed by atoms with Crippen LogP contribution in [0.25, 0.3) is 0 Å². The molecular weight excluding hydrogens is 216 g/mol. The summed E-state index contributed by atoms with van der Waals surface area (Å²) in [7, 11) is 0. The smallest absolute Gasteiger partial charge is 0.267 e. The number of rotatable bonds is 3. The first-order valence-corrected chi connectivity index (χ1v) is 5.59. The molecule has 0 radical (unpaired) electrons. The summed E-state index contributed by atoms with van der Waals surface area (Å²) >= 11 is 0. The highest BCUT2D eigenvalue weighted by molar-refractivity contribution is 5.97.